The van der Waals surface area contributed by atoms with Crippen LogP contribution in [-0.4, -0.2) is 48.1 Å². The van der Waals surface area contributed by atoms with Gasteiger partial charge in [0.15, 0.2) is 6.10 Å². The van der Waals surface area contributed by atoms with E-state index < -0.39 is 0 Å². The van der Waals surface area contributed by atoms with E-state index in [1.54, 1.807) is 0 Å². The van der Waals surface area contributed by atoms with Crippen molar-refractivity contribution in [2.45, 2.75) is 25.9 Å². The van der Waals surface area contributed by atoms with Gasteiger partial charge >= 0.3 is 0 Å². The normalized spacial score (nSPS) is 20.0. The van der Waals surface area contributed by atoms with E-state index >= 15 is 0 Å². The molecule has 0 saturated carbocycles. The van der Waals surface area contributed by atoms with Gasteiger partial charge in [-0.15, -0.1) is 0 Å². The molecule has 0 N–H and O–H groups in total. The number of hydrogen-bond donors (Lipinski definition) is 0. The summed E-state index contributed by atoms with van der Waals surface area (Å²) >= 11 is 0. The van der Waals surface area contributed by atoms with Crippen LogP contribution in [0.25, 0.3) is 0 Å². The van der Waals surface area contributed by atoms with Crippen molar-refractivity contribution in [3.05, 3.63) is 53.9 Å². The van der Waals surface area contributed by atoms with E-state index in [2.05, 4.69) is 16.0 Å². The smallest absolute Gasteiger partial charge is 0.264 e. The van der Waals surface area contributed by atoms with Crippen molar-refractivity contribution < 1.29 is 9.53 Å². The van der Waals surface area contributed by atoms with Crippen molar-refractivity contribution in [1.82, 2.24) is 9.88 Å². The third kappa shape index (κ3) is 3.31. The molecule has 0 bridgehead atoms. The number of pyridine rings is 1. The number of carbonyl (C=O) groups excluding carboxylic acids is 1. The van der Waals surface area contributed by atoms with Crippen molar-refractivity contribution in [3.63, 3.8) is 0 Å². The topological polar surface area (TPSA) is 45.7 Å². The number of anilines is 1. The Balaban J connectivity index is 1.40. The lowest BCUT2D eigenvalue weighted by molar-refractivity contribution is -0.137. The zero-order valence-corrected chi connectivity index (χ0v) is 14.5. The van der Waals surface area contributed by atoms with Gasteiger partial charge in [-0.05, 0) is 37.1 Å². The second kappa shape index (κ2) is 6.75. The number of aromatic nitrogens is 1. The van der Waals surface area contributed by atoms with Crippen LogP contribution in [0.4, 0.5) is 5.69 Å². The van der Waals surface area contributed by atoms with Crippen molar-refractivity contribution in [3.8, 4) is 5.75 Å². The molecule has 4 rings (SSSR count). The summed E-state index contributed by atoms with van der Waals surface area (Å²) in [7, 11) is 0. The molecule has 130 valence electrons. The van der Waals surface area contributed by atoms with Crippen molar-refractivity contribution in [2.75, 3.05) is 31.1 Å². The Bertz CT molecular complexity index is 752. The molecule has 1 saturated heterocycles. The van der Waals surface area contributed by atoms with E-state index in [9.17, 15) is 4.79 Å². The maximum Gasteiger partial charge on any atom is 0.264 e. The zero-order valence-electron chi connectivity index (χ0n) is 14.5. The Morgan fingerprint density at radius 1 is 1.16 bits per heavy atom. The highest BCUT2D eigenvalue weighted by Gasteiger charge is 2.32. The third-order valence-corrected chi connectivity index (χ3v) is 4.98. The van der Waals surface area contributed by atoms with Gasteiger partial charge in [0.05, 0.1) is 0 Å². The number of hydrogen-bond acceptors (Lipinski definition) is 4. The largest absolute Gasteiger partial charge is 0.480 e. The summed E-state index contributed by atoms with van der Waals surface area (Å²) in [4.78, 5) is 21.5. The van der Waals surface area contributed by atoms with Gasteiger partial charge in [-0.2, -0.15) is 0 Å². The minimum atomic E-state index is -0.368. The van der Waals surface area contributed by atoms with Gasteiger partial charge in [-0.25, -0.2) is 0 Å². The lowest BCUT2D eigenvalue weighted by Crippen LogP contribution is -2.43. The SMILES string of the molecule is Cc1cc(N2CCCN(C(=O)[C@H]3Cc4ccccc4O3)CC2)ccn1. The molecule has 5 heteroatoms. The van der Waals surface area contributed by atoms with Gasteiger partial charge < -0.3 is 14.5 Å². The molecule has 1 amide bonds. The maximum absolute atomic E-state index is 12.9. The molecule has 1 aromatic heterocycles. The van der Waals surface area contributed by atoms with Crippen molar-refractivity contribution in [1.29, 1.82) is 0 Å². The van der Waals surface area contributed by atoms with Gasteiger partial charge in [0.2, 0.25) is 0 Å². The summed E-state index contributed by atoms with van der Waals surface area (Å²) in [6.07, 6.45) is 3.13. The number of fused-ring (bicyclic) bond motifs is 1. The van der Waals surface area contributed by atoms with E-state index in [0.29, 0.717) is 6.42 Å². The van der Waals surface area contributed by atoms with Crippen LogP contribution in [0.2, 0.25) is 0 Å². The first-order chi connectivity index (χ1) is 12.2. The first-order valence-electron chi connectivity index (χ1n) is 8.92. The number of amides is 1. The first kappa shape index (κ1) is 15.9. The number of ether oxygens (including phenoxy) is 1. The highest BCUT2D eigenvalue weighted by atomic mass is 16.5. The second-order valence-corrected chi connectivity index (χ2v) is 6.74. The molecule has 0 aliphatic carbocycles. The maximum atomic E-state index is 12.9. The lowest BCUT2D eigenvalue weighted by atomic mass is 10.1. The van der Waals surface area contributed by atoms with Gasteiger partial charge in [-0.1, -0.05) is 18.2 Å². The van der Waals surface area contributed by atoms with Gasteiger partial charge in [0.25, 0.3) is 5.91 Å². The van der Waals surface area contributed by atoms with E-state index in [0.717, 1.165) is 49.6 Å². The molecular weight excluding hydrogens is 314 g/mol. The highest BCUT2D eigenvalue weighted by Crippen LogP contribution is 2.29. The number of rotatable bonds is 2. The van der Waals surface area contributed by atoms with E-state index in [1.165, 1.54) is 5.69 Å². The summed E-state index contributed by atoms with van der Waals surface area (Å²) in [5.41, 5.74) is 3.34. The predicted molar refractivity (Wildman–Crippen MR) is 96.9 cm³/mol. The molecule has 2 aromatic rings. The predicted octanol–water partition coefficient (Wildman–Crippen LogP) is 2.43. The summed E-state index contributed by atoms with van der Waals surface area (Å²) < 4.78 is 5.88. The molecule has 1 atom stereocenters. The fraction of sp³-hybridized carbons (Fsp3) is 0.400. The Labute approximate surface area is 148 Å². The molecule has 1 fully saturated rings. The molecule has 1 aromatic carbocycles. The Hall–Kier alpha value is -2.56. The van der Waals surface area contributed by atoms with Crippen LogP contribution in [-0.2, 0) is 11.2 Å². The van der Waals surface area contributed by atoms with Crippen LogP contribution < -0.4 is 9.64 Å². The van der Waals surface area contributed by atoms with Gasteiger partial charge in [0, 0.05) is 50.2 Å². The molecule has 0 radical (unpaired) electrons. The van der Waals surface area contributed by atoms with Crippen LogP contribution in [0.3, 0.4) is 0 Å². The summed E-state index contributed by atoms with van der Waals surface area (Å²) in [6, 6.07) is 12.1. The Morgan fingerprint density at radius 3 is 2.88 bits per heavy atom. The highest BCUT2D eigenvalue weighted by molar-refractivity contribution is 5.82. The Morgan fingerprint density at radius 2 is 2.04 bits per heavy atom. The fourth-order valence-corrected chi connectivity index (χ4v) is 3.65. The summed E-state index contributed by atoms with van der Waals surface area (Å²) in [5.74, 6) is 0.966. The van der Waals surface area contributed by atoms with E-state index in [-0.39, 0.29) is 12.0 Å². The Kier molecular flexibility index (Phi) is 4.30. The lowest BCUT2D eigenvalue weighted by Gasteiger charge is -2.25. The average molecular weight is 337 g/mol. The number of carbonyl (C=O) groups is 1. The number of para-hydroxylation sites is 1. The molecule has 3 heterocycles. The first-order valence-corrected chi connectivity index (χ1v) is 8.92. The van der Waals surface area contributed by atoms with Crippen LogP contribution in [0.15, 0.2) is 42.6 Å². The van der Waals surface area contributed by atoms with Crippen LogP contribution >= 0.6 is 0 Å². The molecule has 0 unspecified atom stereocenters. The average Bonchev–Trinajstić information content (AvgIpc) is 2.90. The minimum absolute atomic E-state index is 0.115. The molecule has 5 nitrogen and oxygen atoms in total. The van der Waals surface area contributed by atoms with E-state index in [4.69, 9.17) is 4.74 Å². The monoisotopic (exact) mass is 337 g/mol. The molecule has 2 aliphatic heterocycles. The van der Waals surface area contributed by atoms with Crippen LogP contribution in [0.1, 0.15) is 17.7 Å². The molecule has 0 spiro atoms. The standard InChI is InChI=1S/C20H23N3O2/c1-15-13-17(7-8-21-15)22-9-4-10-23(12-11-22)20(24)19-14-16-5-2-3-6-18(16)25-19/h2-3,5-8,13,19H,4,9-12,14H2,1H3/t19-/m1/s1. The van der Waals surface area contributed by atoms with Crippen molar-refractivity contribution >= 4 is 11.6 Å². The third-order valence-electron chi connectivity index (χ3n) is 4.98. The summed E-state index contributed by atoms with van der Waals surface area (Å²) in [6.45, 7) is 5.33. The zero-order chi connectivity index (χ0) is 17.2. The second-order valence-electron chi connectivity index (χ2n) is 6.74. The number of nitrogens with zero attached hydrogens (tertiary/aromatic N) is 3. The number of aryl methyl sites for hydroxylation is 1. The van der Waals surface area contributed by atoms with Crippen molar-refractivity contribution in [2.24, 2.45) is 0 Å². The number of benzene rings is 1. The van der Waals surface area contributed by atoms with Crippen LogP contribution in [0, 0.1) is 6.92 Å². The molecule has 25 heavy (non-hydrogen) atoms. The summed E-state index contributed by atoms with van der Waals surface area (Å²) in [5, 5.41) is 0. The molecular formula is C20H23N3O2. The van der Waals surface area contributed by atoms with Gasteiger partial charge in [-0.3, -0.25) is 9.78 Å². The minimum Gasteiger partial charge on any atom is -0.480 e. The molecule has 2 aliphatic rings. The quantitative estimate of drug-likeness (QED) is 0.844. The van der Waals surface area contributed by atoms with E-state index in [1.807, 2.05) is 48.4 Å². The van der Waals surface area contributed by atoms with Gasteiger partial charge in [0.1, 0.15) is 5.75 Å². The fourth-order valence-electron chi connectivity index (χ4n) is 3.65. The van der Waals surface area contributed by atoms with Crippen LogP contribution in [0.5, 0.6) is 5.75 Å².